The number of nitrogens with zero attached hydrogens (tertiary/aromatic N) is 2. The highest BCUT2D eigenvalue weighted by Crippen LogP contribution is 2.36. The van der Waals surface area contributed by atoms with E-state index in [1.807, 2.05) is 0 Å². The van der Waals surface area contributed by atoms with Crippen LogP contribution in [0.3, 0.4) is 0 Å². The Morgan fingerprint density at radius 2 is 1.87 bits per heavy atom. The first-order valence-electron chi connectivity index (χ1n) is 6.51. The predicted molar refractivity (Wildman–Crippen MR) is 88.9 cm³/mol. The lowest BCUT2D eigenvalue weighted by molar-refractivity contribution is -0.384. The van der Waals surface area contributed by atoms with E-state index in [4.69, 9.17) is 21.1 Å². The molecule has 0 atom stereocenters. The molecule has 0 amide bonds. The maximum atomic E-state index is 10.6. The van der Waals surface area contributed by atoms with Crippen LogP contribution in [-0.2, 0) is 0 Å². The molecular weight excluding hydrogens is 322 g/mol. The summed E-state index contributed by atoms with van der Waals surface area (Å²) in [6, 6.07) is 9.36. The van der Waals surface area contributed by atoms with Gasteiger partial charge < -0.3 is 9.47 Å². The second-order valence-corrected chi connectivity index (χ2v) is 4.76. The van der Waals surface area contributed by atoms with Gasteiger partial charge in [-0.1, -0.05) is 11.6 Å². The molecule has 0 bridgehead atoms. The van der Waals surface area contributed by atoms with E-state index in [0.29, 0.717) is 27.8 Å². The summed E-state index contributed by atoms with van der Waals surface area (Å²) in [6.07, 6.45) is 1.52. The summed E-state index contributed by atoms with van der Waals surface area (Å²) in [5.74, 6) is 0.950. The summed E-state index contributed by atoms with van der Waals surface area (Å²) in [6.45, 7) is 0. The summed E-state index contributed by atoms with van der Waals surface area (Å²) in [5, 5.41) is 15.0. The Hall–Kier alpha value is -2.80. The van der Waals surface area contributed by atoms with Crippen molar-refractivity contribution in [1.29, 1.82) is 0 Å². The molecule has 2 aromatic carbocycles. The number of nitro benzene ring substituents is 1. The fraction of sp³-hybridized carbons (Fsp3) is 0.133. The lowest BCUT2D eigenvalue weighted by atomic mass is 10.2. The second-order valence-electron chi connectivity index (χ2n) is 4.38. The Bertz CT molecular complexity index is 732. The molecule has 0 aromatic heterocycles. The number of rotatable bonds is 6. The van der Waals surface area contributed by atoms with Crippen molar-refractivity contribution in [3.63, 3.8) is 0 Å². The molecule has 0 spiro atoms. The summed E-state index contributed by atoms with van der Waals surface area (Å²) in [7, 11) is 3.03. The van der Waals surface area contributed by atoms with Crippen molar-refractivity contribution in [2.24, 2.45) is 5.10 Å². The third kappa shape index (κ3) is 3.89. The predicted octanol–water partition coefficient (Wildman–Crippen LogP) is 3.71. The van der Waals surface area contributed by atoms with Gasteiger partial charge in [-0.3, -0.25) is 15.5 Å². The van der Waals surface area contributed by atoms with Crippen molar-refractivity contribution < 1.29 is 14.4 Å². The maximum absolute atomic E-state index is 10.6. The van der Waals surface area contributed by atoms with Gasteiger partial charge in [-0.05, 0) is 24.3 Å². The largest absolute Gasteiger partial charge is 0.493 e. The fourth-order valence-electron chi connectivity index (χ4n) is 1.84. The highest BCUT2D eigenvalue weighted by molar-refractivity contribution is 6.34. The van der Waals surface area contributed by atoms with Crippen molar-refractivity contribution in [2.45, 2.75) is 0 Å². The van der Waals surface area contributed by atoms with Gasteiger partial charge >= 0.3 is 0 Å². The van der Waals surface area contributed by atoms with Gasteiger partial charge in [0.15, 0.2) is 11.5 Å². The van der Waals surface area contributed by atoms with E-state index in [1.54, 1.807) is 24.3 Å². The van der Waals surface area contributed by atoms with Crippen LogP contribution in [0.2, 0.25) is 5.02 Å². The van der Waals surface area contributed by atoms with E-state index in [1.165, 1.54) is 32.6 Å². The van der Waals surface area contributed by atoms with E-state index in [-0.39, 0.29) is 5.69 Å². The fourth-order valence-corrected chi connectivity index (χ4v) is 2.12. The van der Waals surface area contributed by atoms with Crippen molar-refractivity contribution in [3.05, 3.63) is 57.1 Å². The molecule has 0 aliphatic rings. The SMILES string of the molecule is COc1ccc(/C=N/Nc2ccc([N+](=O)[O-])cc2)c(Cl)c1OC. The first-order valence-corrected chi connectivity index (χ1v) is 6.88. The zero-order valence-electron chi connectivity index (χ0n) is 12.4. The summed E-state index contributed by atoms with van der Waals surface area (Å²) in [4.78, 5) is 10.1. The molecule has 0 heterocycles. The first kappa shape index (κ1) is 16.6. The molecule has 8 heteroatoms. The smallest absolute Gasteiger partial charge is 0.269 e. The van der Waals surface area contributed by atoms with Crippen LogP contribution < -0.4 is 14.9 Å². The molecule has 0 fully saturated rings. The Morgan fingerprint density at radius 1 is 1.17 bits per heavy atom. The van der Waals surface area contributed by atoms with Gasteiger partial charge in [0.2, 0.25) is 0 Å². The number of anilines is 1. The standard InChI is InChI=1S/C15H14ClN3O4/c1-22-13-8-3-10(14(16)15(13)23-2)9-17-18-11-4-6-12(7-5-11)19(20)21/h3-9,18H,1-2H3/b17-9+. The minimum absolute atomic E-state index is 0.0162. The number of methoxy groups -OCH3 is 2. The molecule has 120 valence electrons. The number of nitrogens with one attached hydrogen (secondary N) is 1. The van der Waals surface area contributed by atoms with Gasteiger partial charge in [-0.2, -0.15) is 5.10 Å². The van der Waals surface area contributed by atoms with Crippen molar-refractivity contribution in [1.82, 2.24) is 0 Å². The van der Waals surface area contributed by atoms with Crippen molar-refractivity contribution in [2.75, 3.05) is 19.6 Å². The van der Waals surface area contributed by atoms with Crippen LogP contribution in [0.15, 0.2) is 41.5 Å². The average Bonchev–Trinajstić information content (AvgIpc) is 2.56. The number of non-ortho nitro benzene ring substituents is 1. The molecule has 0 radical (unpaired) electrons. The highest BCUT2D eigenvalue weighted by Gasteiger charge is 2.11. The lowest BCUT2D eigenvalue weighted by Crippen LogP contribution is -1.96. The molecule has 0 saturated carbocycles. The summed E-state index contributed by atoms with van der Waals surface area (Å²) >= 11 is 6.23. The Kier molecular flexibility index (Phi) is 5.37. The van der Waals surface area contributed by atoms with Gasteiger partial charge in [-0.15, -0.1) is 0 Å². The Balaban J connectivity index is 2.13. The molecule has 0 aliphatic heterocycles. The highest BCUT2D eigenvalue weighted by atomic mass is 35.5. The third-order valence-corrected chi connectivity index (χ3v) is 3.38. The Morgan fingerprint density at radius 3 is 2.43 bits per heavy atom. The minimum Gasteiger partial charge on any atom is -0.493 e. The Labute approximate surface area is 137 Å². The third-order valence-electron chi connectivity index (χ3n) is 2.99. The van der Waals surface area contributed by atoms with E-state index >= 15 is 0 Å². The van der Waals surface area contributed by atoms with Crippen LogP contribution in [0.25, 0.3) is 0 Å². The van der Waals surface area contributed by atoms with E-state index < -0.39 is 4.92 Å². The lowest BCUT2D eigenvalue weighted by Gasteiger charge is -2.10. The topological polar surface area (TPSA) is 86.0 Å². The average molecular weight is 336 g/mol. The van der Waals surface area contributed by atoms with Crippen LogP contribution in [0, 0.1) is 10.1 Å². The number of halogens is 1. The molecule has 0 saturated heterocycles. The molecule has 0 unspecified atom stereocenters. The van der Waals surface area contributed by atoms with Crippen molar-refractivity contribution in [3.8, 4) is 11.5 Å². The quantitative estimate of drug-likeness (QED) is 0.494. The molecule has 7 nitrogen and oxygen atoms in total. The van der Waals surface area contributed by atoms with Gasteiger partial charge in [0, 0.05) is 17.7 Å². The summed E-state index contributed by atoms with van der Waals surface area (Å²) < 4.78 is 10.4. The number of hydrogen-bond donors (Lipinski definition) is 1. The van der Waals surface area contributed by atoms with Crippen molar-refractivity contribution >= 4 is 29.2 Å². The molecular formula is C15H14ClN3O4. The number of hydrazone groups is 1. The summed E-state index contributed by atoms with van der Waals surface area (Å²) in [5.41, 5.74) is 4.04. The van der Waals surface area contributed by atoms with Crippen LogP contribution in [-0.4, -0.2) is 25.4 Å². The van der Waals surface area contributed by atoms with Crippen LogP contribution in [0.4, 0.5) is 11.4 Å². The zero-order chi connectivity index (χ0) is 16.8. The molecule has 1 N–H and O–H groups in total. The minimum atomic E-state index is -0.462. The van der Waals surface area contributed by atoms with Gasteiger partial charge in [0.1, 0.15) is 0 Å². The van der Waals surface area contributed by atoms with Crippen LogP contribution in [0.1, 0.15) is 5.56 Å². The molecule has 0 aliphatic carbocycles. The number of hydrogen-bond acceptors (Lipinski definition) is 6. The maximum Gasteiger partial charge on any atom is 0.269 e. The molecule has 23 heavy (non-hydrogen) atoms. The van der Waals surface area contributed by atoms with E-state index in [0.717, 1.165) is 0 Å². The van der Waals surface area contributed by atoms with Crippen LogP contribution >= 0.6 is 11.6 Å². The first-order chi connectivity index (χ1) is 11.1. The molecule has 2 rings (SSSR count). The monoisotopic (exact) mass is 335 g/mol. The zero-order valence-corrected chi connectivity index (χ0v) is 13.2. The van der Waals surface area contributed by atoms with Crippen LogP contribution in [0.5, 0.6) is 11.5 Å². The second kappa shape index (κ2) is 7.46. The number of nitro groups is 1. The van der Waals surface area contributed by atoms with E-state index in [2.05, 4.69) is 10.5 Å². The number of benzene rings is 2. The molecule has 2 aromatic rings. The van der Waals surface area contributed by atoms with Gasteiger partial charge in [0.25, 0.3) is 5.69 Å². The van der Waals surface area contributed by atoms with Gasteiger partial charge in [-0.25, -0.2) is 0 Å². The number of ether oxygens (including phenoxy) is 2. The van der Waals surface area contributed by atoms with Gasteiger partial charge in [0.05, 0.1) is 36.1 Å². The van der Waals surface area contributed by atoms with E-state index in [9.17, 15) is 10.1 Å². The normalized spacial score (nSPS) is 10.6.